The monoisotopic (exact) mass is 998 g/mol. The molecule has 16 nitrogen and oxygen atoms in total. The molecule has 1 aromatic heterocycles. The van der Waals surface area contributed by atoms with Gasteiger partial charge in [-0.1, -0.05) is 100 Å². The smallest absolute Gasteiger partial charge is 0.253 e. The van der Waals surface area contributed by atoms with E-state index >= 15 is 0 Å². The van der Waals surface area contributed by atoms with Crippen LogP contribution in [0.3, 0.4) is 0 Å². The number of piperazine rings is 1. The van der Waals surface area contributed by atoms with E-state index in [-0.39, 0.29) is 73.9 Å². The number of hydrogen-bond donors (Lipinski definition) is 4. The third kappa shape index (κ3) is 12.2. The fourth-order valence-electron chi connectivity index (χ4n) is 11.0. The fraction of sp³-hybridized carbons (Fsp3) is 0.526. The third-order valence-corrected chi connectivity index (χ3v) is 14.8. The molecule has 4 N–H and O–H groups in total. The summed E-state index contributed by atoms with van der Waals surface area (Å²) in [6.07, 6.45) is 3.31. The third-order valence-electron chi connectivity index (χ3n) is 14.8. The predicted molar refractivity (Wildman–Crippen MR) is 283 cm³/mol. The highest BCUT2D eigenvalue weighted by molar-refractivity contribution is 5.97. The summed E-state index contributed by atoms with van der Waals surface area (Å²) in [5.41, 5.74) is 5.00. The van der Waals surface area contributed by atoms with E-state index in [1.54, 1.807) is 23.1 Å². The second kappa shape index (κ2) is 21.6. The SMILES string of the molecule is C=C(COCCN1CCN(c2ccc(C(=O)NC3C(C)(C)C(Oc4ccc(C#N)c(C(C)(C)C)c4)C3(C)C)cn2)C(=O)C1)N[C@H](C(=O)N1C[C@H](O)C[C@H]1C(=O)NCc1ccc(C2=C(C)N=CC2)cc1)C(C)(C)C. The van der Waals surface area contributed by atoms with Gasteiger partial charge in [-0.3, -0.25) is 34.0 Å². The van der Waals surface area contributed by atoms with Gasteiger partial charge in [0.25, 0.3) is 5.91 Å². The molecule has 73 heavy (non-hydrogen) atoms. The minimum absolute atomic E-state index is 0.0434. The number of amides is 4. The average molecular weight is 998 g/mol. The Morgan fingerprint density at radius 1 is 1.00 bits per heavy atom. The molecule has 0 unspecified atom stereocenters. The number of aliphatic hydroxyl groups is 1. The molecule has 0 radical (unpaired) electrons. The van der Waals surface area contributed by atoms with Gasteiger partial charge in [-0.15, -0.1) is 0 Å². The van der Waals surface area contributed by atoms with Crippen molar-refractivity contribution in [3.8, 4) is 11.8 Å². The summed E-state index contributed by atoms with van der Waals surface area (Å²) in [6.45, 7) is 28.9. The molecule has 4 amide bonds. The zero-order valence-electron chi connectivity index (χ0n) is 44.6. The van der Waals surface area contributed by atoms with Gasteiger partial charge in [-0.2, -0.15) is 5.26 Å². The summed E-state index contributed by atoms with van der Waals surface area (Å²) in [4.78, 5) is 68.8. The summed E-state index contributed by atoms with van der Waals surface area (Å²) >= 11 is 0. The Morgan fingerprint density at radius 3 is 2.32 bits per heavy atom. The first-order valence-corrected chi connectivity index (χ1v) is 25.4. The molecular weight excluding hydrogens is 923 g/mol. The molecule has 1 aliphatic carbocycles. The Bertz CT molecular complexity index is 2660. The molecule has 0 bridgehead atoms. The first-order chi connectivity index (χ1) is 34.3. The maximum absolute atomic E-state index is 14.2. The molecule has 2 aromatic carbocycles. The molecule has 3 fully saturated rings. The number of anilines is 1. The molecule has 3 aromatic rings. The van der Waals surface area contributed by atoms with Gasteiger partial charge in [-0.25, -0.2) is 4.98 Å². The van der Waals surface area contributed by atoms with Crippen LogP contribution in [0.1, 0.15) is 122 Å². The number of carbonyl (C=O) groups excluding carboxylic acids is 4. The molecule has 7 rings (SSSR count). The van der Waals surface area contributed by atoms with E-state index in [4.69, 9.17) is 9.47 Å². The number of β-amino-alcohol motifs (C(OH)–C–C–N with tert-alkyl or cyclic N) is 1. The zero-order valence-corrected chi connectivity index (χ0v) is 44.6. The highest BCUT2D eigenvalue weighted by Crippen LogP contribution is 2.55. The quantitative estimate of drug-likeness (QED) is 0.107. The van der Waals surface area contributed by atoms with Crippen molar-refractivity contribution >= 4 is 41.2 Å². The van der Waals surface area contributed by atoms with Crippen LogP contribution in [-0.2, 0) is 31.1 Å². The molecule has 4 aliphatic rings. The van der Waals surface area contributed by atoms with Crippen molar-refractivity contribution in [3.05, 3.63) is 107 Å². The standard InChI is InChI=1S/C57H75N9O7/c1-35(62-48(55(6,7)8)51(71)66-32-41(67)27-45(66)50(70)61-30-37-13-15-38(16-14-37)43-21-22-59-36(43)2)34-72-26-25-64-23-24-65(47(68)33-64)46-20-18-40(31-60-46)49(69)63-52-56(9,10)53(57(52,11)12)73-42-19-17-39(29-58)44(28-42)54(3,4)5/h13-20,22,28,31,41,45,48,52-53,62,67H,1,21,23-27,30,32-34H2,2-12H3,(H,61,70)(H,63,69)/t41-,45+,48-,52?,53?/m1/s1. The van der Waals surface area contributed by atoms with Gasteiger partial charge in [0.1, 0.15) is 29.8 Å². The van der Waals surface area contributed by atoms with Crippen LogP contribution >= 0.6 is 0 Å². The van der Waals surface area contributed by atoms with Gasteiger partial charge in [0.2, 0.25) is 17.7 Å². The van der Waals surface area contributed by atoms with Crippen LogP contribution < -0.4 is 25.6 Å². The number of likely N-dealkylation sites (tertiary alicyclic amines) is 1. The Hall–Kier alpha value is -6.41. The number of nitriles is 1. The number of aromatic nitrogens is 1. The van der Waals surface area contributed by atoms with Gasteiger partial charge in [0.05, 0.1) is 43.1 Å². The minimum atomic E-state index is -0.833. The van der Waals surface area contributed by atoms with Gasteiger partial charge in [0.15, 0.2) is 0 Å². The van der Waals surface area contributed by atoms with Crippen LogP contribution in [0.2, 0.25) is 0 Å². The largest absolute Gasteiger partial charge is 0.489 e. The molecule has 16 heteroatoms. The number of rotatable bonds is 17. The van der Waals surface area contributed by atoms with Gasteiger partial charge in [-0.05, 0) is 70.3 Å². The number of nitrogens with zero attached hydrogens (tertiary/aromatic N) is 6. The normalized spacial score (nSPS) is 22.1. The highest BCUT2D eigenvalue weighted by atomic mass is 16.5. The molecule has 3 atom stereocenters. The number of allylic oxidation sites excluding steroid dienone is 2. The number of aliphatic imine (C=N–C) groups is 1. The van der Waals surface area contributed by atoms with E-state index in [1.807, 2.05) is 75.2 Å². The fourth-order valence-corrected chi connectivity index (χ4v) is 11.0. The maximum Gasteiger partial charge on any atom is 0.253 e. The van der Waals surface area contributed by atoms with Gasteiger partial charge < -0.3 is 35.4 Å². The number of pyridine rings is 1. The summed E-state index contributed by atoms with van der Waals surface area (Å²) in [6, 6.07) is 17.5. The Labute approximate surface area is 431 Å². The van der Waals surface area contributed by atoms with Crippen LogP contribution in [0.4, 0.5) is 5.82 Å². The maximum atomic E-state index is 14.2. The molecule has 4 heterocycles. The van der Waals surface area contributed by atoms with E-state index in [2.05, 4.69) is 87.0 Å². The van der Waals surface area contributed by atoms with Crippen molar-refractivity contribution in [2.75, 3.05) is 50.8 Å². The van der Waals surface area contributed by atoms with Gasteiger partial charge >= 0.3 is 0 Å². The number of carbonyl (C=O) groups is 4. The van der Waals surface area contributed by atoms with Crippen molar-refractivity contribution < 1.29 is 33.8 Å². The number of hydrogen-bond acceptors (Lipinski definition) is 12. The van der Waals surface area contributed by atoms with E-state index < -0.39 is 34.4 Å². The molecule has 0 spiro atoms. The Morgan fingerprint density at radius 2 is 1.71 bits per heavy atom. The van der Waals surface area contributed by atoms with Crippen LogP contribution in [-0.4, -0.2) is 126 Å². The van der Waals surface area contributed by atoms with Crippen molar-refractivity contribution in [2.24, 2.45) is 21.2 Å². The number of ether oxygens (including phenoxy) is 2. The zero-order chi connectivity index (χ0) is 53.2. The number of nitrogens with one attached hydrogen (secondary N) is 3. The van der Waals surface area contributed by atoms with Crippen LogP contribution in [0, 0.1) is 27.6 Å². The Kier molecular flexibility index (Phi) is 16.1. The molecule has 1 saturated carbocycles. The first-order valence-electron chi connectivity index (χ1n) is 25.4. The summed E-state index contributed by atoms with van der Waals surface area (Å²) in [5.74, 6) is 0.153. The van der Waals surface area contributed by atoms with E-state index in [0.717, 1.165) is 28.8 Å². The van der Waals surface area contributed by atoms with E-state index in [0.29, 0.717) is 54.6 Å². The molecule has 390 valence electrons. The second-order valence-electron chi connectivity index (χ2n) is 23.3. The summed E-state index contributed by atoms with van der Waals surface area (Å²) < 4.78 is 12.6. The topological polar surface area (TPSA) is 202 Å². The average Bonchev–Trinajstić information content (AvgIpc) is 3.96. The lowest BCUT2D eigenvalue weighted by Crippen LogP contribution is -2.74. The highest BCUT2D eigenvalue weighted by Gasteiger charge is 2.64. The number of aliphatic hydroxyl groups excluding tert-OH is 1. The van der Waals surface area contributed by atoms with E-state index in [1.165, 1.54) is 16.7 Å². The summed E-state index contributed by atoms with van der Waals surface area (Å²) in [5, 5.41) is 29.8. The lowest BCUT2D eigenvalue weighted by Gasteiger charge is -2.63. The molecule has 2 saturated heterocycles. The van der Waals surface area contributed by atoms with Crippen molar-refractivity contribution in [2.45, 2.75) is 131 Å². The van der Waals surface area contributed by atoms with Crippen molar-refractivity contribution in [3.63, 3.8) is 0 Å². The number of benzene rings is 2. The van der Waals surface area contributed by atoms with E-state index in [9.17, 15) is 29.5 Å². The van der Waals surface area contributed by atoms with Crippen LogP contribution in [0.25, 0.3) is 5.57 Å². The van der Waals surface area contributed by atoms with Crippen molar-refractivity contribution in [1.82, 2.24) is 30.7 Å². The van der Waals surface area contributed by atoms with Crippen molar-refractivity contribution in [1.29, 1.82) is 5.26 Å². The molecular formula is C57H75N9O7. The van der Waals surface area contributed by atoms with Gasteiger partial charge in [0, 0.05) is 86.2 Å². The minimum Gasteiger partial charge on any atom is -0.489 e. The predicted octanol–water partition coefficient (Wildman–Crippen LogP) is 6.53. The van der Waals surface area contributed by atoms with Crippen LogP contribution in [0.15, 0.2) is 83.8 Å². The Balaban J connectivity index is 0.843. The lowest BCUT2D eigenvalue weighted by molar-refractivity contribution is -0.164. The summed E-state index contributed by atoms with van der Waals surface area (Å²) in [7, 11) is 0. The second-order valence-corrected chi connectivity index (χ2v) is 23.3. The first kappa shape index (κ1) is 54.4. The lowest BCUT2D eigenvalue weighted by atomic mass is 9.49. The molecule has 3 aliphatic heterocycles. The van der Waals surface area contributed by atoms with Crippen LogP contribution in [0.5, 0.6) is 5.75 Å².